The van der Waals surface area contributed by atoms with Gasteiger partial charge in [0.25, 0.3) is 5.56 Å². The highest BCUT2D eigenvalue weighted by Crippen LogP contribution is 2.04. The summed E-state index contributed by atoms with van der Waals surface area (Å²) >= 11 is 0. The maximum Gasteiger partial charge on any atom is 0.331 e. The molecule has 6 nitrogen and oxygen atoms in total. The molecule has 1 heterocycles. The van der Waals surface area contributed by atoms with Gasteiger partial charge in [0, 0.05) is 12.3 Å². The maximum atomic E-state index is 13.1. The van der Waals surface area contributed by atoms with Crippen molar-refractivity contribution in [3.8, 4) is 0 Å². The van der Waals surface area contributed by atoms with Crippen molar-refractivity contribution in [2.75, 3.05) is 0 Å². The summed E-state index contributed by atoms with van der Waals surface area (Å²) in [7, 11) is 0. The molecule has 1 N–H and O–H groups in total. The molecule has 0 aliphatic carbocycles. The third-order valence-corrected chi connectivity index (χ3v) is 2.68. The molecule has 0 aliphatic heterocycles. The molecule has 2 aromatic rings. The minimum Gasteiger partial charge on any atom is -0.480 e. The van der Waals surface area contributed by atoms with Crippen LogP contribution in [0, 0.1) is 5.82 Å². The van der Waals surface area contributed by atoms with E-state index in [1.54, 1.807) is 6.07 Å². The van der Waals surface area contributed by atoms with Gasteiger partial charge >= 0.3 is 11.7 Å². The second-order valence-corrected chi connectivity index (χ2v) is 4.17. The fraction of sp³-hybridized carbons (Fsp3) is 0.154. The van der Waals surface area contributed by atoms with Gasteiger partial charge in [-0.15, -0.1) is 0 Å². The zero-order valence-corrected chi connectivity index (χ0v) is 10.3. The highest BCUT2D eigenvalue weighted by molar-refractivity contribution is 5.66. The zero-order valence-electron chi connectivity index (χ0n) is 10.3. The second kappa shape index (κ2) is 5.52. The van der Waals surface area contributed by atoms with E-state index in [0.29, 0.717) is 10.1 Å². The van der Waals surface area contributed by atoms with Crippen molar-refractivity contribution in [2.45, 2.75) is 13.1 Å². The fourth-order valence-corrected chi connectivity index (χ4v) is 1.79. The number of carboxylic acid groups (broad SMARTS) is 1. The topological polar surface area (TPSA) is 81.3 Å². The molecule has 0 radical (unpaired) electrons. The predicted octanol–water partition coefficient (Wildman–Crippen LogP) is 0.282. The molecule has 2 rings (SSSR count). The molecule has 1 aromatic heterocycles. The quantitative estimate of drug-likeness (QED) is 0.871. The minimum absolute atomic E-state index is 0.0521. The Bertz CT molecular complexity index is 763. The molecule has 0 aliphatic rings. The van der Waals surface area contributed by atoms with Gasteiger partial charge in [0.15, 0.2) is 0 Å². The normalized spacial score (nSPS) is 10.4. The standard InChI is InChI=1S/C13H11FN2O4/c14-10-3-1-2-9(6-10)7-15-5-4-11(17)16(13(15)20)8-12(18)19/h1-6H,7-8H2,(H,18,19). The molecule has 7 heteroatoms. The number of rotatable bonds is 4. The van der Waals surface area contributed by atoms with E-state index in [9.17, 15) is 18.8 Å². The van der Waals surface area contributed by atoms with Crippen molar-refractivity contribution in [1.29, 1.82) is 0 Å². The van der Waals surface area contributed by atoms with Crippen LogP contribution in [0.4, 0.5) is 4.39 Å². The summed E-state index contributed by atoms with van der Waals surface area (Å²) in [6.07, 6.45) is 1.26. The van der Waals surface area contributed by atoms with E-state index in [-0.39, 0.29) is 6.54 Å². The highest BCUT2D eigenvalue weighted by atomic mass is 19.1. The molecule has 20 heavy (non-hydrogen) atoms. The number of benzene rings is 1. The molecule has 0 spiro atoms. The van der Waals surface area contributed by atoms with Crippen LogP contribution in [0.25, 0.3) is 0 Å². The van der Waals surface area contributed by atoms with Crippen molar-refractivity contribution >= 4 is 5.97 Å². The Hall–Kier alpha value is -2.70. The summed E-state index contributed by atoms with van der Waals surface area (Å²) in [6, 6.07) is 6.77. The Labute approximate surface area is 112 Å². The van der Waals surface area contributed by atoms with E-state index in [0.717, 1.165) is 10.6 Å². The SMILES string of the molecule is O=C(O)Cn1c(=O)ccn(Cc2cccc(F)c2)c1=O. The van der Waals surface area contributed by atoms with Gasteiger partial charge in [0.1, 0.15) is 12.4 Å². The Morgan fingerprint density at radius 1 is 1.25 bits per heavy atom. The third-order valence-electron chi connectivity index (χ3n) is 2.68. The van der Waals surface area contributed by atoms with Crippen LogP contribution in [0.3, 0.4) is 0 Å². The van der Waals surface area contributed by atoms with E-state index in [4.69, 9.17) is 5.11 Å². The first kappa shape index (κ1) is 13.7. The van der Waals surface area contributed by atoms with Gasteiger partial charge in [-0.05, 0) is 17.7 Å². The smallest absolute Gasteiger partial charge is 0.331 e. The van der Waals surface area contributed by atoms with E-state index < -0.39 is 29.6 Å². The van der Waals surface area contributed by atoms with Crippen LogP contribution in [0.15, 0.2) is 46.1 Å². The lowest BCUT2D eigenvalue weighted by atomic mass is 10.2. The van der Waals surface area contributed by atoms with Crippen LogP contribution in [0.1, 0.15) is 5.56 Å². The largest absolute Gasteiger partial charge is 0.480 e. The maximum absolute atomic E-state index is 13.1. The second-order valence-electron chi connectivity index (χ2n) is 4.17. The van der Waals surface area contributed by atoms with E-state index in [1.807, 2.05) is 0 Å². The van der Waals surface area contributed by atoms with Gasteiger partial charge in [0.05, 0.1) is 6.54 Å². The molecular formula is C13H11FN2O4. The zero-order chi connectivity index (χ0) is 14.7. The van der Waals surface area contributed by atoms with E-state index in [1.165, 1.54) is 24.4 Å². The molecule has 0 saturated carbocycles. The van der Waals surface area contributed by atoms with Gasteiger partial charge in [-0.25, -0.2) is 13.8 Å². The van der Waals surface area contributed by atoms with Gasteiger partial charge in [-0.2, -0.15) is 0 Å². The van der Waals surface area contributed by atoms with Crippen LogP contribution in [0.5, 0.6) is 0 Å². The Kier molecular flexibility index (Phi) is 3.79. The fourth-order valence-electron chi connectivity index (χ4n) is 1.79. The van der Waals surface area contributed by atoms with Gasteiger partial charge < -0.3 is 5.11 Å². The summed E-state index contributed by atoms with van der Waals surface area (Å²) in [5.41, 5.74) is -0.898. The average molecular weight is 278 g/mol. The van der Waals surface area contributed by atoms with Gasteiger partial charge in [-0.1, -0.05) is 12.1 Å². The van der Waals surface area contributed by atoms with Crippen LogP contribution >= 0.6 is 0 Å². The number of nitrogens with zero attached hydrogens (tertiary/aromatic N) is 2. The van der Waals surface area contributed by atoms with Crippen LogP contribution < -0.4 is 11.2 Å². The lowest BCUT2D eigenvalue weighted by molar-refractivity contribution is -0.137. The molecule has 1 aromatic carbocycles. The van der Waals surface area contributed by atoms with Crippen molar-refractivity contribution < 1.29 is 14.3 Å². The third kappa shape index (κ3) is 3.00. The Morgan fingerprint density at radius 3 is 2.65 bits per heavy atom. The van der Waals surface area contributed by atoms with Crippen LogP contribution in [0.2, 0.25) is 0 Å². The highest BCUT2D eigenvalue weighted by Gasteiger charge is 2.09. The molecule has 0 saturated heterocycles. The number of halogens is 1. The molecular weight excluding hydrogens is 267 g/mol. The Balaban J connectivity index is 2.41. The first-order valence-corrected chi connectivity index (χ1v) is 5.74. The Morgan fingerprint density at radius 2 is 2.00 bits per heavy atom. The van der Waals surface area contributed by atoms with Crippen molar-refractivity contribution in [1.82, 2.24) is 9.13 Å². The van der Waals surface area contributed by atoms with E-state index >= 15 is 0 Å². The average Bonchev–Trinajstić information content (AvgIpc) is 2.38. The number of aromatic nitrogens is 2. The summed E-state index contributed by atoms with van der Waals surface area (Å²) < 4.78 is 14.8. The first-order valence-electron chi connectivity index (χ1n) is 5.74. The predicted molar refractivity (Wildman–Crippen MR) is 68.1 cm³/mol. The lowest BCUT2D eigenvalue weighted by Crippen LogP contribution is -2.40. The summed E-state index contributed by atoms with van der Waals surface area (Å²) in [5, 5.41) is 8.68. The summed E-state index contributed by atoms with van der Waals surface area (Å²) in [6.45, 7) is -0.655. The van der Waals surface area contributed by atoms with Gasteiger partial charge in [0.2, 0.25) is 0 Å². The van der Waals surface area contributed by atoms with Crippen molar-refractivity contribution in [3.63, 3.8) is 0 Å². The van der Waals surface area contributed by atoms with E-state index in [2.05, 4.69) is 0 Å². The molecule has 104 valence electrons. The van der Waals surface area contributed by atoms with Crippen molar-refractivity contribution in [2.24, 2.45) is 0 Å². The van der Waals surface area contributed by atoms with Crippen molar-refractivity contribution in [3.05, 3.63) is 68.7 Å². The number of hydrogen-bond acceptors (Lipinski definition) is 3. The van der Waals surface area contributed by atoms with Crippen LogP contribution in [-0.2, 0) is 17.9 Å². The molecule has 0 bridgehead atoms. The van der Waals surface area contributed by atoms with Crippen LogP contribution in [-0.4, -0.2) is 20.2 Å². The monoisotopic (exact) mass is 278 g/mol. The summed E-state index contributed by atoms with van der Waals surface area (Å²) in [4.78, 5) is 34.1. The molecule has 0 amide bonds. The number of carboxylic acids is 1. The molecule has 0 atom stereocenters. The lowest BCUT2D eigenvalue weighted by Gasteiger charge is -2.08. The van der Waals surface area contributed by atoms with Gasteiger partial charge in [-0.3, -0.25) is 14.2 Å². The molecule has 0 fully saturated rings. The first-order chi connectivity index (χ1) is 9.47. The number of carbonyl (C=O) groups is 1. The minimum atomic E-state index is -1.28. The number of aliphatic carboxylic acids is 1. The number of hydrogen-bond donors (Lipinski definition) is 1. The summed E-state index contributed by atoms with van der Waals surface area (Å²) in [5.74, 6) is -1.72. The molecule has 0 unspecified atom stereocenters.